The van der Waals surface area contributed by atoms with E-state index in [1.54, 1.807) is 91.0 Å². The summed E-state index contributed by atoms with van der Waals surface area (Å²) in [5.74, 6) is -2.02. The average Bonchev–Trinajstić information content (AvgIpc) is 3.11. The standard InChI is InChI=1S/C37H41NO9S2/c1-37(2,3)49(43)38-28-21-13-14-24(22-39)23-48-36-32(46-35(42)27-19-11-6-12-20-27)31(45-34(41)26-17-9-5-10-18-26)30(29(28)47-36)44-33(40)25-15-7-4-8-16-25/h4-20,24,28-32,36,38-39H,21-23H2,1-3H3/b14-13+/t24?,28-,29-,30+,31+,32-,36-,49?/m1/s1. The molecule has 2 heterocycles. The molecule has 12 heteroatoms. The maximum absolute atomic E-state index is 13.7. The van der Waals surface area contributed by atoms with Gasteiger partial charge in [-0.25, -0.2) is 14.4 Å². The monoisotopic (exact) mass is 707 g/mol. The van der Waals surface area contributed by atoms with Crippen molar-refractivity contribution in [3.63, 3.8) is 0 Å². The van der Waals surface area contributed by atoms with Crippen molar-refractivity contribution in [3.8, 4) is 0 Å². The molecule has 2 aliphatic rings. The van der Waals surface area contributed by atoms with Crippen LogP contribution in [0.2, 0.25) is 0 Å². The highest BCUT2D eigenvalue weighted by Gasteiger charge is 2.55. The normalized spacial score (nSPS) is 26.8. The maximum Gasteiger partial charge on any atom is 0.338 e. The summed E-state index contributed by atoms with van der Waals surface area (Å²) in [6.45, 7) is 5.32. The van der Waals surface area contributed by atoms with Gasteiger partial charge in [-0.1, -0.05) is 66.7 Å². The van der Waals surface area contributed by atoms with Gasteiger partial charge in [-0.05, 0) is 63.6 Å². The summed E-state index contributed by atoms with van der Waals surface area (Å²) >= 11 is -0.313. The third-order valence-electron chi connectivity index (χ3n) is 8.01. The third-order valence-corrected chi connectivity index (χ3v) is 11.0. The van der Waals surface area contributed by atoms with Gasteiger partial charge >= 0.3 is 17.9 Å². The molecule has 49 heavy (non-hydrogen) atoms. The van der Waals surface area contributed by atoms with Gasteiger partial charge in [0.1, 0.15) is 16.3 Å². The van der Waals surface area contributed by atoms with E-state index < -0.39 is 69.9 Å². The first kappa shape index (κ1) is 36.6. The predicted octanol–water partition coefficient (Wildman–Crippen LogP) is 5.11. The molecule has 1 saturated heterocycles. The van der Waals surface area contributed by atoms with Crippen molar-refractivity contribution in [1.29, 1.82) is 0 Å². The van der Waals surface area contributed by atoms with Crippen LogP contribution in [0.1, 0.15) is 58.3 Å². The fraction of sp³-hybridized carbons (Fsp3) is 0.378. The van der Waals surface area contributed by atoms with Crippen molar-refractivity contribution in [1.82, 2.24) is 4.72 Å². The van der Waals surface area contributed by atoms with E-state index in [9.17, 15) is 24.0 Å². The Morgan fingerprint density at radius 3 is 1.76 bits per heavy atom. The van der Waals surface area contributed by atoms with Crippen molar-refractivity contribution < 1.29 is 43.0 Å². The second kappa shape index (κ2) is 16.8. The van der Waals surface area contributed by atoms with Crippen LogP contribution in [-0.2, 0) is 30.3 Å². The quantitative estimate of drug-likeness (QED) is 0.133. The van der Waals surface area contributed by atoms with Crippen molar-refractivity contribution in [2.24, 2.45) is 5.92 Å². The molecule has 2 unspecified atom stereocenters. The van der Waals surface area contributed by atoms with Gasteiger partial charge in [-0.2, -0.15) is 0 Å². The molecule has 0 aliphatic carbocycles. The average molecular weight is 708 g/mol. The topological polar surface area (TPSA) is 143 Å². The molecule has 0 radical (unpaired) electrons. The molecule has 0 saturated carbocycles. The minimum atomic E-state index is -1.59. The lowest BCUT2D eigenvalue weighted by Gasteiger charge is -2.47. The number of aliphatic hydroxyl groups excluding tert-OH is 1. The molecule has 3 aromatic rings. The fourth-order valence-corrected chi connectivity index (χ4v) is 7.47. The number of hydrogen-bond acceptors (Lipinski definition) is 11. The molecule has 260 valence electrons. The van der Waals surface area contributed by atoms with Crippen LogP contribution < -0.4 is 4.72 Å². The summed E-state index contributed by atoms with van der Waals surface area (Å²) in [6.07, 6.45) is -0.933. The largest absolute Gasteiger partial charge is 0.598 e. The Morgan fingerprint density at radius 1 is 0.816 bits per heavy atom. The van der Waals surface area contributed by atoms with Crippen LogP contribution in [0.15, 0.2) is 103 Å². The Morgan fingerprint density at radius 2 is 1.29 bits per heavy atom. The molecule has 1 fully saturated rings. The molecule has 10 nitrogen and oxygen atoms in total. The van der Waals surface area contributed by atoms with E-state index in [1.165, 1.54) is 11.8 Å². The van der Waals surface area contributed by atoms with Gasteiger partial charge in [0.15, 0.2) is 18.3 Å². The summed E-state index contributed by atoms with van der Waals surface area (Å²) in [6, 6.07) is 24.3. The first-order valence-corrected chi connectivity index (χ1v) is 18.3. The smallest absolute Gasteiger partial charge is 0.338 e. The molecule has 0 aromatic heterocycles. The van der Waals surface area contributed by atoms with E-state index in [0.29, 0.717) is 5.75 Å². The summed E-state index contributed by atoms with van der Waals surface area (Å²) in [4.78, 5) is 41.1. The number of rotatable bonds is 9. The highest BCUT2D eigenvalue weighted by atomic mass is 32.2. The SMILES string of the molecule is CC(C)(C)[S+]([O-])N[C@@H]1C/C=C/C(CO)CS[C@H]2O[C@H]1[C@H](OC(=O)c1ccccc1)[C@H](OC(=O)c1ccccc1)[C@H]2OC(=O)c1ccccc1. The summed E-state index contributed by atoms with van der Waals surface area (Å²) in [5.41, 5.74) is -0.190. The third kappa shape index (κ3) is 9.53. The minimum absolute atomic E-state index is 0.149. The number of fused-ring (bicyclic) bond motifs is 2. The van der Waals surface area contributed by atoms with Crippen LogP contribution in [0.3, 0.4) is 0 Å². The zero-order valence-electron chi connectivity index (χ0n) is 27.5. The molecule has 0 amide bonds. The second-order valence-corrected chi connectivity index (χ2v) is 15.9. The van der Waals surface area contributed by atoms with Gasteiger partial charge in [0.25, 0.3) is 0 Å². The number of carbonyl (C=O) groups excluding carboxylic acids is 3. The first-order valence-electron chi connectivity index (χ1n) is 16.1. The van der Waals surface area contributed by atoms with Gasteiger partial charge in [0, 0.05) is 23.0 Å². The van der Waals surface area contributed by atoms with E-state index in [0.717, 1.165) is 0 Å². The summed E-state index contributed by atoms with van der Waals surface area (Å²) < 4.78 is 41.3. The van der Waals surface area contributed by atoms with Crippen molar-refractivity contribution in [2.45, 2.75) is 67.8 Å². The van der Waals surface area contributed by atoms with Crippen LogP contribution in [0, 0.1) is 5.92 Å². The molecule has 2 N–H and O–H groups in total. The second-order valence-electron chi connectivity index (χ2n) is 12.7. The molecule has 0 spiro atoms. The van der Waals surface area contributed by atoms with Gasteiger partial charge in [0.2, 0.25) is 0 Å². The van der Waals surface area contributed by atoms with Crippen LogP contribution in [0.4, 0.5) is 0 Å². The molecule has 3 aromatic carbocycles. The Kier molecular flexibility index (Phi) is 12.6. The van der Waals surface area contributed by atoms with Crippen molar-refractivity contribution >= 4 is 41.0 Å². The van der Waals surface area contributed by atoms with Crippen LogP contribution in [-0.4, -0.2) is 80.6 Å². The number of nitrogens with one attached hydrogen (secondary N) is 1. The van der Waals surface area contributed by atoms with Crippen LogP contribution >= 0.6 is 11.8 Å². The molecular formula is C37H41NO9S2. The predicted molar refractivity (Wildman–Crippen MR) is 187 cm³/mol. The highest BCUT2D eigenvalue weighted by Crippen LogP contribution is 2.38. The van der Waals surface area contributed by atoms with E-state index in [2.05, 4.69) is 4.72 Å². The number of thioether (sulfide) groups is 1. The first-order chi connectivity index (χ1) is 23.5. The number of hydrogen-bond donors (Lipinski definition) is 2. The number of ether oxygens (including phenoxy) is 4. The van der Waals surface area contributed by atoms with E-state index >= 15 is 0 Å². The maximum atomic E-state index is 13.7. The number of esters is 3. The molecule has 2 aliphatic heterocycles. The Balaban J connectivity index is 1.63. The van der Waals surface area contributed by atoms with Gasteiger partial charge in [-0.3, -0.25) is 0 Å². The zero-order valence-corrected chi connectivity index (χ0v) is 29.1. The molecule has 5 rings (SSSR count). The number of carbonyl (C=O) groups is 3. The van der Waals surface area contributed by atoms with Gasteiger partial charge < -0.3 is 28.6 Å². The summed E-state index contributed by atoms with van der Waals surface area (Å²) in [7, 11) is 0. The minimum Gasteiger partial charge on any atom is -0.598 e. The highest BCUT2D eigenvalue weighted by molar-refractivity contribution is 7.99. The Labute approximate surface area is 293 Å². The van der Waals surface area contributed by atoms with Crippen molar-refractivity contribution in [2.75, 3.05) is 12.4 Å². The molecule has 2 bridgehead atoms. The van der Waals surface area contributed by atoms with E-state index in [-0.39, 0.29) is 35.6 Å². The lowest BCUT2D eigenvalue weighted by Crippen LogP contribution is -2.66. The van der Waals surface area contributed by atoms with Gasteiger partial charge in [0.05, 0.1) is 29.3 Å². The number of benzene rings is 3. The lowest BCUT2D eigenvalue weighted by molar-refractivity contribution is -0.205. The van der Waals surface area contributed by atoms with Crippen molar-refractivity contribution in [3.05, 3.63) is 120 Å². The number of aliphatic hydroxyl groups is 1. The zero-order chi connectivity index (χ0) is 35.0. The van der Waals surface area contributed by atoms with E-state index in [1.807, 2.05) is 32.9 Å². The van der Waals surface area contributed by atoms with Crippen LogP contribution in [0.25, 0.3) is 0 Å². The Bertz CT molecular complexity index is 1570. The fourth-order valence-electron chi connectivity index (χ4n) is 5.35. The molecule has 8 atom stereocenters. The Hall–Kier alpha value is -3.65. The van der Waals surface area contributed by atoms with Gasteiger partial charge in [-0.15, -0.1) is 16.5 Å². The molecular weight excluding hydrogens is 667 g/mol. The van der Waals surface area contributed by atoms with Crippen LogP contribution in [0.5, 0.6) is 0 Å². The van der Waals surface area contributed by atoms with E-state index in [4.69, 9.17) is 18.9 Å². The summed E-state index contributed by atoms with van der Waals surface area (Å²) in [5, 5.41) is 10.1. The lowest BCUT2D eigenvalue weighted by atomic mass is 9.92.